The molecule has 4 nitrogen and oxygen atoms in total. The highest BCUT2D eigenvalue weighted by Crippen LogP contribution is 2.30. The van der Waals surface area contributed by atoms with E-state index in [1.807, 2.05) is 0 Å². The Kier molecular flexibility index (Phi) is 4.96. The molecule has 1 saturated carbocycles. The molecule has 0 radical (unpaired) electrons. The fourth-order valence-electron chi connectivity index (χ4n) is 3.20. The molecule has 0 bridgehead atoms. The molecule has 3 rings (SSSR count). The highest BCUT2D eigenvalue weighted by molar-refractivity contribution is 7.09. The van der Waals surface area contributed by atoms with Gasteiger partial charge in [-0.1, -0.05) is 31.0 Å². The molecule has 0 atom stereocenters. The first-order chi connectivity index (χ1) is 11.5. The minimum absolute atomic E-state index is 0.202. The first-order valence-corrected chi connectivity index (χ1v) is 9.00. The molecule has 1 aliphatic carbocycles. The Morgan fingerprint density at radius 2 is 2.08 bits per heavy atom. The van der Waals surface area contributed by atoms with Crippen molar-refractivity contribution in [2.75, 3.05) is 13.6 Å². The van der Waals surface area contributed by atoms with Crippen LogP contribution in [0.2, 0.25) is 0 Å². The molecule has 0 unspecified atom stereocenters. The number of benzene rings is 1. The molecule has 1 heterocycles. The zero-order valence-corrected chi connectivity index (χ0v) is 14.5. The van der Waals surface area contributed by atoms with Gasteiger partial charge in [0.25, 0.3) is 5.91 Å². The van der Waals surface area contributed by atoms with Gasteiger partial charge in [0.15, 0.2) is 0 Å². The Labute approximate surface area is 145 Å². The van der Waals surface area contributed by atoms with Gasteiger partial charge in [0.1, 0.15) is 11.5 Å². The number of nitrogens with zero attached hydrogens (tertiary/aromatic N) is 2. The van der Waals surface area contributed by atoms with Crippen LogP contribution in [0.5, 0.6) is 0 Å². The van der Waals surface area contributed by atoms with Crippen molar-refractivity contribution in [3.63, 3.8) is 0 Å². The lowest BCUT2D eigenvalue weighted by atomic mass is 10.0. The number of carbonyl (C=O) groups is 1. The minimum Gasteiger partial charge on any atom is -0.388 e. The van der Waals surface area contributed by atoms with Crippen LogP contribution in [0.4, 0.5) is 4.39 Å². The van der Waals surface area contributed by atoms with E-state index < -0.39 is 5.60 Å². The molecule has 1 aliphatic rings. The smallest absolute Gasteiger partial charge is 0.273 e. The third-order valence-corrected chi connectivity index (χ3v) is 5.33. The van der Waals surface area contributed by atoms with Crippen molar-refractivity contribution in [2.24, 2.45) is 0 Å². The Balaban J connectivity index is 1.66. The quantitative estimate of drug-likeness (QED) is 0.902. The Bertz CT molecular complexity index is 725. The summed E-state index contributed by atoms with van der Waals surface area (Å²) in [4.78, 5) is 18.4. The van der Waals surface area contributed by atoms with Crippen LogP contribution in [0.3, 0.4) is 0 Å². The number of thiazole rings is 1. The molecule has 1 aromatic carbocycles. The molecule has 1 fully saturated rings. The molecule has 24 heavy (non-hydrogen) atoms. The Morgan fingerprint density at radius 1 is 1.38 bits per heavy atom. The molecule has 0 aliphatic heterocycles. The predicted octanol–water partition coefficient (Wildman–Crippen LogP) is 3.25. The molecule has 0 saturated heterocycles. The lowest BCUT2D eigenvalue weighted by Crippen LogP contribution is -2.42. The van der Waals surface area contributed by atoms with Gasteiger partial charge in [0.2, 0.25) is 0 Å². The van der Waals surface area contributed by atoms with Gasteiger partial charge >= 0.3 is 0 Å². The van der Waals surface area contributed by atoms with E-state index in [0.717, 1.165) is 25.7 Å². The average Bonchev–Trinajstić information content (AvgIpc) is 3.18. The lowest BCUT2D eigenvalue weighted by molar-refractivity contribution is 0.0155. The fraction of sp³-hybridized carbons (Fsp3) is 0.444. The van der Waals surface area contributed by atoms with Gasteiger partial charge in [0, 0.05) is 25.4 Å². The van der Waals surface area contributed by atoms with E-state index >= 15 is 0 Å². The Morgan fingerprint density at radius 3 is 2.79 bits per heavy atom. The molecule has 128 valence electrons. The van der Waals surface area contributed by atoms with Crippen LogP contribution in [0.25, 0.3) is 0 Å². The van der Waals surface area contributed by atoms with E-state index in [1.165, 1.54) is 22.3 Å². The van der Waals surface area contributed by atoms with Gasteiger partial charge in [-0.05, 0) is 24.5 Å². The number of halogens is 1. The standard InChI is InChI=1S/C18H21FN2O2S/c1-21(12-18(23)8-4-5-9-18)17(22)15-11-24-16(20-15)10-13-6-2-3-7-14(13)19/h2-3,6-7,11,23H,4-5,8-10,12H2,1H3. The van der Waals surface area contributed by atoms with Crippen molar-refractivity contribution in [1.82, 2.24) is 9.88 Å². The van der Waals surface area contributed by atoms with E-state index in [4.69, 9.17) is 0 Å². The summed E-state index contributed by atoms with van der Waals surface area (Å²) in [5, 5.41) is 12.8. The minimum atomic E-state index is -0.767. The number of rotatable bonds is 5. The van der Waals surface area contributed by atoms with E-state index in [0.29, 0.717) is 29.2 Å². The third kappa shape index (κ3) is 3.82. The summed E-state index contributed by atoms with van der Waals surface area (Å²) in [7, 11) is 1.69. The number of likely N-dealkylation sites (N-methyl/N-ethyl adjacent to an activating group) is 1. The van der Waals surface area contributed by atoms with Crippen molar-refractivity contribution in [2.45, 2.75) is 37.7 Å². The summed E-state index contributed by atoms with van der Waals surface area (Å²) in [6.07, 6.45) is 3.85. The number of aromatic nitrogens is 1. The zero-order valence-electron chi connectivity index (χ0n) is 13.7. The molecular formula is C18H21FN2O2S. The van der Waals surface area contributed by atoms with Crippen LogP contribution in [0.1, 0.15) is 46.7 Å². The molecule has 1 amide bonds. The van der Waals surface area contributed by atoms with Crippen LogP contribution in [-0.2, 0) is 6.42 Å². The van der Waals surface area contributed by atoms with Gasteiger partial charge < -0.3 is 10.0 Å². The van der Waals surface area contributed by atoms with Crippen molar-refractivity contribution in [3.8, 4) is 0 Å². The number of carbonyl (C=O) groups excluding carboxylic acids is 1. The van der Waals surface area contributed by atoms with E-state index in [9.17, 15) is 14.3 Å². The average molecular weight is 348 g/mol. The summed E-state index contributed by atoms with van der Waals surface area (Å²) < 4.78 is 13.7. The maximum Gasteiger partial charge on any atom is 0.273 e. The second-order valence-corrected chi connectivity index (χ2v) is 7.43. The summed E-state index contributed by atoms with van der Waals surface area (Å²) in [5.74, 6) is -0.465. The summed E-state index contributed by atoms with van der Waals surface area (Å²) in [5.41, 5.74) is 0.158. The maximum atomic E-state index is 13.7. The Hall–Kier alpha value is -1.79. The third-order valence-electron chi connectivity index (χ3n) is 4.48. The first-order valence-electron chi connectivity index (χ1n) is 8.12. The normalized spacial score (nSPS) is 16.3. The molecule has 0 spiro atoms. The van der Waals surface area contributed by atoms with Crippen LogP contribution in [0, 0.1) is 5.82 Å². The van der Waals surface area contributed by atoms with Crippen molar-refractivity contribution in [3.05, 3.63) is 51.7 Å². The lowest BCUT2D eigenvalue weighted by Gasteiger charge is -2.28. The van der Waals surface area contributed by atoms with E-state index in [2.05, 4.69) is 4.98 Å². The zero-order chi connectivity index (χ0) is 17.2. The van der Waals surface area contributed by atoms with Gasteiger partial charge in [0.05, 0.1) is 10.6 Å². The first kappa shape index (κ1) is 17.0. The second-order valence-electron chi connectivity index (χ2n) is 6.49. The summed E-state index contributed by atoms with van der Waals surface area (Å²) in [6.45, 7) is 0.325. The maximum absolute atomic E-state index is 13.7. The largest absolute Gasteiger partial charge is 0.388 e. The van der Waals surface area contributed by atoms with Crippen LogP contribution >= 0.6 is 11.3 Å². The van der Waals surface area contributed by atoms with Crippen molar-refractivity contribution < 1.29 is 14.3 Å². The van der Waals surface area contributed by atoms with Crippen LogP contribution < -0.4 is 0 Å². The number of hydrogen-bond donors (Lipinski definition) is 1. The molecule has 1 N–H and O–H groups in total. The summed E-state index contributed by atoms with van der Waals surface area (Å²) in [6, 6.07) is 6.58. The monoisotopic (exact) mass is 348 g/mol. The summed E-state index contributed by atoms with van der Waals surface area (Å²) >= 11 is 1.35. The number of aliphatic hydroxyl groups is 1. The van der Waals surface area contributed by atoms with Gasteiger partial charge in [-0.15, -0.1) is 11.3 Å². The van der Waals surface area contributed by atoms with Crippen molar-refractivity contribution >= 4 is 17.2 Å². The molecular weight excluding hydrogens is 327 g/mol. The highest BCUT2D eigenvalue weighted by Gasteiger charge is 2.34. The fourth-order valence-corrected chi connectivity index (χ4v) is 3.99. The topological polar surface area (TPSA) is 53.4 Å². The van der Waals surface area contributed by atoms with Gasteiger partial charge in [-0.25, -0.2) is 9.37 Å². The molecule has 6 heteroatoms. The van der Waals surface area contributed by atoms with Crippen LogP contribution in [-0.4, -0.2) is 40.1 Å². The highest BCUT2D eigenvalue weighted by atomic mass is 32.1. The van der Waals surface area contributed by atoms with Gasteiger partial charge in [-0.2, -0.15) is 0 Å². The van der Waals surface area contributed by atoms with E-state index in [1.54, 1.807) is 30.6 Å². The number of hydrogen-bond acceptors (Lipinski definition) is 4. The van der Waals surface area contributed by atoms with Crippen molar-refractivity contribution in [1.29, 1.82) is 0 Å². The molecule has 1 aromatic heterocycles. The molecule has 2 aromatic rings. The van der Waals surface area contributed by atoms with Crippen LogP contribution in [0.15, 0.2) is 29.6 Å². The second kappa shape index (κ2) is 6.99. The van der Waals surface area contributed by atoms with E-state index in [-0.39, 0.29) is 11.7 Å². The SMILES string of the molecule is CN(CC1(O)CCCC1)C(=O)c1csc(Cc2ccccc2F)n1. The number of amides is 1. The van der Waals surface area contributed by atoms with Gasteiger partial charge in [-0.3, -0.25) is 4.79 Å². The predicted molar refractivity (Wildman–Crippen MR) is 91.7 cm³/mol.